The van der Waals surface area contributed by atoms with Crippen LogP contribution in [0.3, 0.4) is 0 Å². The number of aromatic nitrogens is 1. The van der Waals surface area contributed by atoms with Gasteiger partial charge in [0.05, 0.1) is 6.04 Å². The number of nitrogens with zero attached hydrogens (tertiary/aromatic N) is 1. The lowest BCUT2D eigenvalue weighted by Crippen LogP contribution is -2.29. The molecule has 1 unspecified atom stereocenters. The van der Waals surface area contributed by atoms with Crippen molar-refractivity contribution < 1.29 is 23.8 Å². The molecule has 0 aliphatic carbocycles. The molecule has 9 heteroatoms. The number of halogens is 2. The first-order valence-electron chi connectivity index (χ1n) is 10.6. The average molecular weight is 493 g/mol. The van der Waals surface area contributed by atoms with Crippen LogP contribution >= 0.6 is 11.8 Å². The highest BCUT2D eigenvalue weighted by Crippen LogP contribution is 2.45. The molecule has 1 atom stereocenters. The molecule has 0 saturated heterocycles. The van der Waals surface area contributed by atoms with E-state index in [1.807, 2.05) is 48.5 Å². The lowest BCUT2D eigenvalue weighted by molar-refractivity contribution is 0.0681. The van der Waals surface area contributed by atoms with Crippen LogP contribution in [0.15, 0.2) is 82.6 Å². The first kappa shape index (κ1) is 22.7. The molecular formula is C26H18F2N2O4S. The van der Waals surface area contributed by atoms with Crippen molar-refractivity contribution in [3.05, 3.63) is 117 Å². The number of hydrogen-bond donors (Lipinski definition) is 3. The second kappa shape index (κ2) is 8.92. The van der Waals surface area contributed by atoms with E-state index >= 15 is 0 Å². The molecule has 6 nitrogen and oxygen atoms in total. The van der Waals surface area contributed by atoms with Gasteiger partial charge in [-0.1, -0.05) is 54.6 Å². The molecule has 2 heterocycles. The van der Waals surface area contributed by atoms with E-state index in [0.29, 0.717) is 11.1 Å². The number of fused-ring (bicyclic) bond motifs is 2. The predicted octanol–water partition coefficient (Wildman–Crippen LogP) is 5.14. The molecule has 5 rings (SSSR count). The average Bonchev–Trinajstić information content (AvgIpc) is 3.01. The monoisotopic (exact) mass is 492 g/mol. The molecule has 0 amide bonds. The van der Waals surface area contributed by atoms with Gasteiger partial charge in [-0.25, -0.2) is 13.6 Å². The number of thioether (sulfide) groups is 1. The van der Waals surface area contributed by atoms with Gasteiger partial charge >= 0.3 is 5.97 Å². The number of benzene rings is 3. The molecule has 0 radical (unpaired) electrons. The molecule has 176 valence electrons. The Morgan fingerprint density at radius 3 is 2.51 bits per heavy atom. The number of pyridine rings is 1. The Bertz CT molecular complexity index is 1520. The molecule has 1 aromatic heterocycles. The maximum absolute atomic E-state index is 14.9. The van der Waals surface area contributed by atoms with E-state index in [-0.39, 0.29) is 11.3 Å². The Balaban J connectivity index is 1.75. The molecule has 35 heavy (non-hydrogen) atoms. The van der Waals surface area contributed by atoms with Crippen molar-refractivity contribution >= 4 is 17.7 Å². The topological polar surface area (TPSA) is 91.6 Å². The van der Waals surface area contributed by atoms with Crippen molar-refractivity contribution in [1.29, 1.82) is 0 Å². The van der Waals surface area contributed by atoms with Gasteiger partial charge in [-0.3, -0.25) is 9.47 Å². The van der Waals surface area contributed by atoms with Gasteiger partial charge in [-0.15, -0.1) is 11.8 Å². The second-order valence-electron chi connectivity index (χ2n) is 7.92. The number of aromatic carboxylic acids is 1. The van der Waals surface area contributed by atoms with E-state index in [1.54, 1.807) is 0 Å². The maximum atomic E-state index is 14.9. The molecule has 0 bridgehead atoms. The Morgan fingerprint density at radius 2 is 1.77 bits per heavy atom. The lowest BCUT2D eigenvalue weighted by atomic mass is 9.92. The van der Waals surface area contributed by atoms with E-state index in [4.69, 9.17) is 0 Å². The molecule has 0 spiro atoms. The highest BCUT2D eigenvalue weighted by atomic mass is 32.2. The first-order valence-corrected chi connectivity index (χ1v) is 11.6. The maximum Gasteiger partial charge on any atom is 0.358 e. The minimum Gasteiger partial charge on any atom is -0.502 e. The summed E-state index contributed by atoms with van der Waals surface area (Å²) in [6, 6.07) is 17.9. The van der Waals surface area contributed by atoms with Gasteiger partial charge in [-0.2, -0.15) is 0 Å². The number of nitrogens with one attached hydrogen (secondary N) is 1. The smallest absolute Gasteiger partial charge is 0.358 e. The van der Waals surface area contributed by atoms with E-state index in [0.717, 1.165) is 32.8 Å². The summed E-state index contributed by atoms with van der Waals surface area (Å²) in [5, 5.41) is 19.8. The van der Waals surface area contributed by atoms with Crippen LogP contribution < -0.4 is 10.9 Å². The van der Waals surface area contributed by atoms with Crippen LogP contribution in [0, 0.1) is 11.6 Å². The van der Waals surface area contributed by atoms with Gasteiger partial charge in [0.25, 0.3) is 0 Å². The third-order valence-corrected chi connectivity index (χ3v) is 7.07. The van der Waals surface area contributed by atoms with Crippen molar-refractivity contribution in [1.82, 2.24) is 4.68 Å². The van der Waals surface area contributed by atoms with E-state index in [9.17, 15) is 28.6 Å². The molecule has 4 aromatic rings. The molecule has 3 aromatic carbocycles. The molecule has 0 saturated carbocycles. The third kappa shape index (κ3) is 3.93. The van der Waals surface area contributed by atoms with Crippen molar-refractivity contribution in [2.24, 2.45) is 0 Å². The summed E-state index contributed by atoms with van der Waals surface area (Å²) in [6.45, 7) is 0. The van der Waals surface area contributed by atoms with Crippen LogP contribution in [0.1, 0.15) is 33.2 Å². The fourth-order valence-corrected chi connectivity index (χ4v) is 5.52. The highest BCUT2D eigenvalue weighted by Gasteiger charge is 2.30. The third-order valence-electron chi connectivity index (χ3n) is 5.89. The normalized spacial score (nSPS) is 14.5. The summed E-state index contributed by atoms with van der Waals surface area (Å²) in [7, 11) is 0. The summed E-state index contributed by atoms with van der Waals surface area (Å²) in [5.74, 6) is -4.27. The molecule has 3 N–H and O–H groups in total. The summed E-state index contributed by atoms with van der Waals surface area (Å²) in [6.07, 6.45) is 1.18. The van der Waals surface area contributed by atoms with Crippen LogP contribution in [-0.4, -0.2) is 20.9 Å². The number of carbonyl (C=O) groups is 1. The standard InChI is InChI=1S/C26H18F2N2O4S/c27-19-10-9-16-18(21(19)28)13-35-25-15(14-5-2-1-3-6-14)7-4-8-17(25)22(16)29-30-12-11-20(31)24(32)23(30)26(33)34/h1-12,22,29,32H,13H2,(H,33,34). The summed E-state index contributed by atoms with van der Waals surface area (Å²) >= 11 is 1.36. The quantitative estimate of drug-likeness (QED) is 0.366. The Kier molecular flexibility index (Phi) is 5.78. The zero-order chi connectivity index (χ0) is 24.7. The summed E-state index contributed by atoms with van der Waals surface area (Å²) in [4.78, 5) is 24.5. The van der Waals surface area contributed by atoms with Gasteiger partial charge in [0.2, 0.25) is 5.43 Å². The van der Waals surface area contributed by atoms with Crippen LogP contribution in [0.4, 0.5) is 8.78 Å². The summed E-state index contributed by atoms with van der Waals surface area (Å²) in [5.41, 5.74) is 4.57. The minimum atomic E-state index is -1.53. The zero-order valence-electron chi connectivity index (χ0n) is 18.0. The molecule has 1 aliphatic rings. The zero-order valence-corrected chi connectivity index (χ0v) is 18.9. The van der Waals surface area contributed by atoms with Crippen molar-refractivity contribution in [3.63, 3.8) is 0 Å². The van der Waals surface area contributed by atoms with E-state index < -0.39 is 40.5 Å². The highest BCUT2D eigenvalue weighted by molar-refractivity contribution is 7.98. The number of aromatic hydroxyl groups is 1. The second-order valence-corrected chi connectivity index (χ2v) is 8.91. The lowest BCUT2D eigenvalue weighted by Gasteiger charge is -2.26. The van der Waals surface area contributed by atoms with Crippen molar-refractivity contribution in [2.45, 2.75) is 16.7 Å². The van der Waals surface area contributed by atoms with Crippen LogP contribution in [0.25, 0.3) is 11.1 Å². The van der Waals surface area contributed by atoms with Gasteiger partial charge < -0.3 is 15.6 Å². The predicted molar refractivity (Wildman–Crippen MR) is 128 cm³/mol. The minimum absolute atomic E-state index is 0.143. The number of rotatable bonds is 4. The van der Waals surface area contributed by atoms with Gasteiger partial charge in [-0.05, 0) is 28.3 Å². The Labute approximate surface area is 202 Å². The van der Waals surface area contributed by atoms with Crippen molar-refractivity contribution in [2.75, 3.05) is 5.43 Å². The largest absolute Gasteiger partial charge is 0.502 e. The van der Waals surface area contributed by atoms with E-state index in [2.05, 4.69) is 5.43 Å². The molecule has 0 fully saturated rings. The molecular weight excluding hydrogens is 474 g/mol. The van der Waals surface area contributed by atoms with E-state index in [1.165, 1.54) is 24.0 Å². The van der Waals surface area contributed by atoms with Crippen LogP contribution in [0.5, 0.6) is 5.75 Å². The number of carboxylic acids is 1. The van der Waals surface area contributed by atoms with Gasteiger partial charge in [0.1, 0.15) is 0 Å². The van der Waals surface area contributed by atoms with Crippen molar-refractivity contribution in [3.8, 4) is 16.9 Å². The number of carboxylic acid groups (broad SMARTS) is 1. The SMILES string of the molecule is O=C(O)c1c(O)c(=O)ccn1NC1c2ccc(F)c(F)c2CSc2c(-c3ccccc3)cccc21. The summed E-state index contributed by atoms with van der Waals surface area (Å²) < 4.78 is 30.1. The number of hydrogen-bond acceptors (Lipinski definition) is 5. The Morgan fingerprint density at radius 1 is 1.00 bits per heavy atom. The van der Waals surface area contributed by atoms with Gasteiger partial charge in [0.15, 0.2) is 23.1 Å². The van der Waals surface area contributed by atoms with Crippen LogP contribution in [-0.2, 0) is 5.75 Å². The Hall–Kier alpha value is -4.11. The fourth-order valence-electron chi connectivity index (χ4n) is 4.24. The van der Waals surface area contributed by atoms with Crippen LogP contribution in [0.2, 0.25) is 0 Å². The fraction of sp³-hybridized carbons (Fsp3) is 0.0769. The molecule has 1 aliphatic heterocycles. The van der Waals surface area contributed by atoms with Gasteiger partial charge in [0, 0.05) is 28.5 Å². The first-order chi connectivity index (χ1) is 16.9.